The Morgan fingerprint density at radius 1 is 1.56 bits per heavy atom. The average molecular weight is 300 g/mol. The average Bonchev–Trinajstić information content (AvgIpc) is 2.89. The highest BCUT2D eigenvalue weighted by Gasteiger charge is 2.15. The molecule has 2 heterocycles. The van der Waals surface area contributed by atoms with E-state index < -0.39 is 0 Å². The van der Waals surface area contributed by atoms with Crippen LogP contribution in [0.3, 0.4) is 0 Å². The molecule has 2 rings (SSSR count). The number of nitrogens with one attached hydrogen (secondary N) is 1. The zero-order valence-electron chi connectivity index (χ0n) is 9.27. The lowest BCUT2D eigenvalue weighted by Crippen LogP contribution is -2.16. The molecule has 2 aromatic heterocycles. The summed E-state index contributed by atoms with van der Waals surface area (Å²) >= 11 is 5.20. The van der Waals surface area contributed by atoms with Crippen LogP contribution >= 0.6 is 27.3 Å². The van der Waals surface area contributed by atoms with Crippen molar-refractivity contribution >= 4 is 27.3 Å². The van der Waals surface area contributed by atoms with Gasteiger partial charge in [-0.15, -0.1) is 11.3 Å². The first-order valence-electron chi connectivity index (χ1n) is 5.18. The van der Waals surface area contributed by atoms with Gasteiger partial charge in [0.2, 0.25) is 0 Å². The number of aromatic nitrogens is 2. The van der Waals surface area contributed by atoms with Crippen molar-refractivity contribution in [2.45, 2.75) is 19.5 Å². The third-order valence-electron chi connectivity index (χ3n) is 2.52. The smallest absolute Gasteiger partial charge is 0.0701 e. The Morgan fingerprint density at radius 2 is 2.38 bits per heavy atom. The fraction of sp³-hybridized carbons (Fsp3) is 0.364. The molecular weight excluding hydrogens is 286 g/mol. The molecule has 0 aliphatic heterocycles. The zero-order chi connectivity index (χ0) is 11.5. The molecule has 2 aromatic rings. The number of hydrogen-bond acceptors (Lipinski definition) is 3. The van der Waals surface area contributed by atoms with E-state index >= 15 is 0 Å². The van der Waals surface area contributed by atoms with Gasteiger partial charge >= 0.3 is 0 Å². The summed E-state index contributed by atoms with van der Waals surface area (Å²) in [6, 6.07) is 2.37. The minimum Gasteiger partial charge on any atom is -0.309 e. The first-order chi connectivity index (χ1) is 7.74. The van der Waals surface area contributed by atoms with Gasteiger partial charge in [-0.2, -0.15) is 5.10 Å². The summed E-state index contributed by atoms with van der Waals surface area (Å²) in [5.41, 5.74) is 2.48. The van der Waals surface area contributed by atoms with Crippen molar-refractivity contribution in [3.05, 3.63) is 38.8 Å². The standard InChI is InChI=1S/C11H14BrN3S/c1-3-15-6-9(5-14-15)11(13-2)8-4-10(12)16-7-8/h4-7,11,13H,3H2,1-2H3. The highest BCUT2D eigenvalue weighted by Crippen LogP contribution is 2.28. The summed E-state index contributed by atoms with van der Waals surface area (Å²) in [4.78, 5) is 0. The van der Waals surface area contributed by atoms with E-state index in [1.807, 2.05) is 17.9 Å². The quantitative estimate of drug-likeness (QED) is 0.940. The van der Waals surface area contributed by atoms with Gasteiger partial charge in [-0.05, 0) is 46.9 Å². The number of rotatable bonds is 4. The van der Waals surface area contributed by atoms with E-state index in [-0.39, 0.29) is 6.04 Å². The van der Waals surface area contributed by atoms with Crippen LogP contribution < -0.4 is 5.32 Å². The lowest BCUT2D eigenvalue weighted by atomic mass is 10.1. The Hall–Kier alpha value is -0.650. The first-order valence-corrected chi connectivity index (χ1v) is 6.85. The number of halogens is 1. The van der Waals surface area contributed by atoms with Crippen molar-refractivity contribution in [2.75, 3.05) is 7.05 Å². The van der Waals surface area contributed by atoms with Crippen LogP contribution in [-0.4, -0.2) is 16.8 Å². The van der Waals surface area contributed by atoms with Gasteiger partial charge in [-0.1, -0.05) is 0 Å². The normalized spacial score (nSPS) is 12.9. The molecule has 1 N–H and O–H groups in total. The topological polar surface area (TPSA) is 29.9 Å². The molecule has 0 radical (unpaired) electrons. The molecule has 0 amide bonds. The molecule has 0 fully saturated rings. The molecule has 3 nitrogen and oxygen atoms in total. The highest BCUT2D eigenvalue weighted by molar-refractivity contribution is 9.11. The Balaban J connectivity index is 2.28. The maximum Gasteiger partial charge on any atom is 0.0701 e. The summed E-state index contributed by atoms with van der Waals surface area (Å²) in [6.07, 6.45) is 4.02. The fourth-order valence-electron chi connectivity index (χ4n) is 1.70. The van der Waals surface area contributed by atoms with Gasteiger partial charge in [0.25, 0.3) is 0 Å². The maximum atomic E-state index is 4.30. The maximum absolute atomic E-state index is 4.30. The number of hydrogen-bond donors (Lipinski definition) is 1. The van der Waals surface area contributed by atoms with Crippen LogP contribution in [0.25, 0.3) is 0 Å². The number of thiophene rings is 1. The molecular formula is C11H14BrN3S. The van der Waals surface area contributed by atoms with Gasteiger partial charge in [0.15, 0.2) is 0 Å². The zero-order valence-corrected chi connectivity index (χ0v) is 11.7. The van der Waals surface area contributed by atoms with E-state index in [1.54, 1.807) is 11.3 Å². The highest BCUT2D eigenvalue weighted by atomic mass is 79.9. The van der Waals surface area contributed by atoms with Crippen molar-refractivity contribution in [2.24, 2.45) is 0 Å². The molecule has 0 spiro atoms. The Bertz CT molecular complexity index is 463. The molecule has 0 aliphatic carbocycles. The Morgan fingerprint density at radius 3 is 2.88 bits per heavy atom. The van der Waals surface area contributed by atoms with E-state index in [0.29, 0.717) is 0 Å². The molecule has 0 aromatic carbocycles. The minimum absolute atomic E-state index is 0.225. The summed E-state index contributed by atoms with van der Waals surface area (Å²) in [7, 11) is 1.97. The summed E-state index contributed by atoms with van der Waals surface area (Å²) in [5.74, 6) is 0. The van der Waals surface area contributed by atoms with Crippen molar-refractivity contribution in [3.63, 3.8) is 0 Å². The molecule has 1 unspecified atom stereocenters. The first kappa shape index (κ1) is 11.8. The minimum atomic E-state index is 0.225. The molecule has 0 aliphatic rings. The van der Waals surface area contributed by atoms with E-state index in [4.69, 9.17) is 0 Å². The SMILES string of the molecule is CCn1cc(C(NC)c2csc(Br)c2)cn1. The van der Waals surface area contributed by atoms with E-state index in [9.17, 15) is 0 Å². The molecule has 0 saturated carbocycles. The van der Waals surface area contributed by atoms with Crippen LogP contribution in [0.1, 0.15) is 24.1 Å². The van der Waals surface area contributed by atoms with Gasteiger partial charge < -0.3 is 5.32 Å². The van der Waals surface area contributed by atoms with Crippen LogP contribution in [0.15, 0.2) is 27.6 Å². The van der Waals surface area contributed by atoms with Crippen molar-refractivity contribution in [1.29, 1.82) is 0 Å². The van der Waals surface area contributed by atoms with E-state index in [2.05, 4.69) is 50.9 Å². The van der Waals surface area contributed by atoms with Gasteiger partial charge in [0.1, 0.15) is 0 Å². The van der Waals surface area contributed by atoms with Crippen LogP contribution in [-0.2, 0) is 6.54 Å². The lowest BCUT2D eigenvalue weighted by molar-refractivity contribution is 0.654. The monoisotopic (exact) mass is 299 g/mol. The fourth-order valence-corrected chi connectivity index (χ4v) is 2.90. The van der Waals surface area contributed by atoms with Crippen molar-refractivity contribution in [3.8, 4) is 0 Å². The van der Waals surface area contributed by atoms with Crippen LogP contribution in [0.5, 0.6) is 0 Å². The van der Waals surface area contributed by atoms with Crippen LogP contribution in [0.2, 0.25) is 0 Å². The number of aryl methyl sites for hydroxylation is 1. The molecule has 1 atom stereocenters. The third kappa shape index (κ3) is 2.36. The summed E-state index contributed by atoms with van der Waals surface area (Å²) < 4.78 is 3.10. The van der Waals surface area contributed by atoms with Gasteiger partial charge in [0, 0.05) is 18.3 Å². The molecule has 0 saturated heterocycles. The summed E-state index contributed by atoms with van der Waals surface area (Å²) in [6.45, 7) is 3.00. The lowest BCUT2D eigenvalue weighted by Gasteiger charge is -2.12. The molecule has 5 heteroatoms. The largest absolute Gasteiger partial charge is 0.309 e. The second kappa shape index (κ2) is 5.12. The van der Waals surface area contributed by atoms with Gasteiger partial charge in [-0.3, -0.25) is 4.68 Å². The second-order valence-electron chi connectivity index (χ2n) is 3.54. The van der Waals surface area contributed by atoms with E-state index in [0.717, 1.165) is 10.3 Å². The van der Waals surface area contributed by atoms with Gasteiger partial charge in [0.05, 0.1) is 16.0 Å². The predicted molar refractivity (Wildman–Crippen MR) is 70.8 cm³/mol. The Labute approximate surface area is 108 Å². The van der Waals surface area contributed by atoms with E-state index in [1.165, 1.54) is 11.1 Å². The number of nitrogens with zero attached hydrogens (tertiary/aromatic N) is 2. The molecule has 16 heavy (non-hydrogen) atoms. The Kier molecular flexibility index (Phi) is 3.78. The van der Waals surface area contributed by atoms with Crippen molar-refractivity contribution < 1.29 is 0 Å². The predicted octanol–water partition coefficient (Wildman–Crippen LogP) is 3.04. The van der Waals surface area contributed by atoms with Crippen LogP contribution in [0, 0.1) is 0 Å². The molecule has 86 valence electrons. The third-order valence-corrected chi connectivity index (χ3v) is 4.04. The van der Waals surface area contributed by atoms with Crippen LogP contribution in [0.4, 0.5) is 0 Å². The van der Waals surface area contributed by atoms with Gasteiger partial charge in [-0.25, -0.2) is 0 Å². The summed E-state index contributed by atoms with van der Waals surface area (Å²) in [5, 5.41) is 9.78. The molecule has 0 bridgehead atoms. The van der Waals surface area contributed by atoms with Crippen molar-refractivity contribution in [1.82, 2.24) is 15.1 Å². The second-order valence-corrected chi connectivity index (χ2v) is 5.83.